The molecule has 2 aromatic heterocycles. The summed E-state index contributed by atoms with van der Waals surface area (Å²) in [5.41, 5.74) is 2.07. The number of aromatic carboxylic acids is 1. The van der Waals surface area contributed by atoms with E-state index < -0.39 is 5.97 Å². The van der Waals surface area contributed by atoms with Crippen LogP contribution in [0.3, 0.4) is 0 Å². The summed E-state index contributed by atoms with van der Waals surface area (Å²) in [5, 5.41) is 12.5. The lowest BCUT2D eigenvalue weighted by atomic mass is 10.0. The number of carbonyl (C=O) groups is 1. The summed E-state index contributed by atoms with van der Waals surface area (Å²) < 4.78 is 0.736. The fraction of sp³-hybridized carbons (Fsp3) is 0.231. The van der Waals surface area contributed by atoms with Crippen LogP contribution in [0.4, 0.5) is 0 Å². The van der Waals surface area contributed by atoms with Crippen LogP contribution in [0.1, 0.15) is 21.7 Å². The molecule has 102 valence electrons. The minimum absolute atomic E-state index is 0.0732. The molecule has 0 radical (unpaired) electrons. The fourth-order valence-corrected chi connectivity index (χ4v) is 2.62. The first-order valence-corrected chi connectivity index (χ1v) is 6.91. The molecular weight excluding hydrogens is 324 g/mol. The van der Waals surface area contributed by atoms with Crippen LogP contribution in [-0.2, 0) is 13.0 Å². The van der Waals surface area contributed by atoms with Crippen molar-refractivity contribution in [2.24, 2.45) is 0 Å². The predicted octanol–water partition coefficient (Wildman–Crippen LogP) is 1.64. The third-order valence-corrected chi connectivity index (χ3v) is 3.75. The maximum Gasteiger partial charge on any atom is 0.354 e. The lowest BCUT2D eigenvalue weighted by Gasteiger charge is -2.18. The standard InChI is InChI=1S/C13H11BrN4O2/c14-8-2-1-4-16-11(8)12-17-9-6-15-5-3-7(9)10(18-12)13(19)20/h1-2,4,15H,3,5-6H2,(H,19,20). The van der Waals surface area contributed by atoms with Crippen LogP contribution in [0, 0.1) is 0 Å². The molecule has 1 aliphatic rings. The van der Waals surface area contributed by atoms with Gasteiger partial charge in [-0.1, -0.05) is 0 Å². The summed E-state index contributed by atoms with van der Waals surface area (Å²) >= 11 is 3.39. The van der Waals surface area contributed by atoms with Gasteiger partial charge in [0.2, 0.25) is 0 Å². The van der Waals surface area contributed by atoms with Crippen LogP contribution >= 0.6 is 15.9 Å². The van der Waals surface area contributed by atoms with Gasteiger partial charge < -0.3 is 10.4 Å². The Morgan fingerprint density at radius 2 is 2.25 bits per heavy atom. The van der Waals surface area contributed by atoms with Crippen LogP contribution in [0.5, 0.6) is 0 Å². The number of halogens is 1. The van der Waals surface area contributed by atoms with Gasteiger partial charge in [-0.15, -0.1) is 0 Å². The molecule has 0 unspecified atom stereocenters. The van der Waals surface area contributed by atoms with E-state index in [1.807, 2.05) is 6.07 Å². The van der Waals surface area contributed by atoms with Gasteiger partial charge in [-0.3, -0.25) is 4.98 Å². The van der Waals surface area contributed by atoms with Crippen LogP contribution in [0.25, 0.3) is 11.5 Å². The van der Waals surface area contributed by atoms with Gasteiger partial charge in [-0.05, 0) is 41.0 Å². The van der Waals surface area contributed by atoms with Crippen molar-refractivity contribution in [3.8, 4) is 11.5 Å². The van der Waals surface area contributed by atoms with Crippen LogP contribution in [-0.4, -0.2) is 32.6 Å². The van der Waals surface area contributed by atoms with E-state index in [-0.39, 0.29) is 5.69 Å². The van der Waals surface area contributed by atoms with Crippen molar-refractivity contribution in [1.82, 2.24) is 20.3 Å². The van der Waals surface area contributed by atoms with Gasteiger partial charge in [0.05, 0.1) is 5.69 Å². The van der Waals surface area contributed by atoms with Crippen molar-refractivity contribution in [1.29, 1.82) is 0 Å². The summed E-state index contributed by atoms with van der Waals surface area (Å²) in [6, 6.07) is 3.61. The zero-order valence-electron chi connectivity index (χ0n) is 10.4. The molecule has 0 amide bonds. The monoisotopic (exact) mass is 334 g/mol. The highest BCUT2D eigenvalue weighted by atomic mass is 79.9. The van der Waals surface area contributed by atoms with Crippen LogP contribution in [0.2, 0.25) is 0 Å². The Morgan fingerprint density at radius 3 is 3.00 bits per heavy atom. The van der Waals surface area contributed by atoms with E-state index in [0.29, 0.717) is 30.0 Å². The van der Waals surface area contributed by atoms with Crippen molar-refractivity contribution in [2.75, 3.05) is 6.54 Å². The molecular formula is C13H11BrN4O2. The maximum atomic E-state index is 11.4. The molecule has 2 N–H and O–H groups in total. The molecule has 2 aromatic rings. The number of carboxylic acid groups (broad SMARTS) is 1. The number of fused-ring (bicyclic) bond motifs is 1. The predicted molar refractivity (Wildman–Crippen MR) is 75.3 cm³/mol. The van der Waals surface area contributed by atoms with E-state index in [4.69, 9.17) is 0 Å². The molecule has 0 atom stereocenters. The summed E-state index contributed by atoms with van der Waals surface area (Å²) in [6.45, 7) is 1.29. The molecule has 0 saturated heterocycles. The van der Waals surface area contributed by atoms with Gasteiger partial charge in [0, 0.05) is 22.8 Å². The number of rotatable bonds is 2. The van der Waals surface area contributed by atoms with E-state index in [9.17, 15) is 9.90 Å². The smallest absolute Gasteiger partial charge is 0.354 e. The molecule has 0 spiro atoms. The molecule has 0 aliphatic carbocycles. The number of nitrogens with zero attached hydrogens (tertiary/aromatic N) is 3. The molecule has 6 nitrogen and oxygen atoms in total. The second kappa shape index (κ2) is 5.26. The number of carboxylic acids is 1. The van der Waals surface area contributed by atoms with Crippen molar-refractivity contribution in [2.45, 2.75) is 13.0 Å². The van der Waals surface area contributed by atoms with Crippen molar-refractivity contribution < 1.29 is 9.90 Å². The Labute approximate surface area is 123 Å². The first-order chi connectivity index (χ1) is 9.66. The highest BCUT2D eigenvalue weighted by molar-refractivity contribution is 9.10. The van der Waals surface area contributed by atoms with E-state index >= 15 is 0 Å². The first kappa shape index (κ1) is 13.1. The second-order valence-electron chi connectivity index (χ2n) is 4.39. The molecule has 0 aromatic carbocycles. The third-order valence-electron chi connectivity index (χ3n) is 3.11. The Balaban J connectivity index is 2.20. The maximum absolute atomic E-state index is 11.4. The largest absolute Gasteiger partial charge is 0.476 e. The SMILES string of the molecule is O=C(O)c1nc(-c2ncccc2Br)nc2c1CCNC2. The van der Waals surface area contributed by atoms with Crippen molar-refractivity contribution >= 4 is 21.9 Å². The van der Waals surface area contributed by atoms with Crippen LogP contribution < -0.4 is 5.32 Å². The lowest BCUT2D eigenvalue weighted by Crippen LogP contribution is -2.27. The minimum atomic E-state index is -1.03. The van der Waals surface area contributed by atoms with Gasteiger partial charge >= 0.3 is 5.97 Å². The second-order valence-corrected chi connectivity index (χ2v) is 5.24. The number of hydrogen-bond acceptors (Lipinski definition) is 5. The normalized spacial score (nSPS) is 13.8. The van der Waals surface area contributed by atoms with Crippen molar-refractivity contribution in [3.05, 3.63) is 39.8 Å². The van der Waals surface area contributed by atoms with Gasteiger partial charge in [-0.2, -0.15) is 0 Å². The molecule has 0 bridgehead atoms. The van der Waals surface area contributed by atoms with Gasteiger partial charge in [0.25, 0.3) is 0 Å². The highest BCUT2D eigenvalue weighted by Gasteiger charge is 2.23. The van der Waals surface area contributed by atoms with Gasteiger partial charge in [-0.25, -0.2) is 14.8 Å². The van der Waals surface area contributed by atoms with E-state index in [1.54, 1.807) is 12.3 Å². The Kier molecular flexibility index (Phi) is 3.45. The molecule has 0 saturated carbocycles. The summed E-state index contributed by atoms with van der Waals surface area (Å²) in [4.78, 5) is 24.3. The molecule has 0 fully saturated rings. The summed E-state index contributed by atoms with van der Waals surface area (Å²) in [7, 11) is 0. The van der Waals surface area contributed by atoms with Gasteiger partial charge in [0.15, 0.2) is 11.5 Å². The van der Waals surface area contributed by atoms with Crippen LogP contribution in [0.15, 0.2) is 22.8 Å². The first-order valence-electron chi connectivity index (χ1n) is 6.11. The van der Waals surface area contributed by atoms with E-state index in [0.717, 1.165) is 16.7 Å². The Hall–Kier alpha value is -1.86. The molecule has 1 aliphatic heterocycles. The Bertz CT molecular complexity index is 690. The van der Waals surface area contributed by atoms with E-state index in [1.165, 1.54) is 0 Å². The number of aromatic nitrogens is 3. The van der Waals surface area contributed by atoms with Gasteiger partial charge in [0.1, 0.15) is 5.69 Å². The average molecular weight is 335 g/mol. The fourth-order valence-electron chi connectivity index (χ4n) is 2.19. The zero-order valence-corrected chi connectivity index (χ0v) is 12.0. The zero-order chi connectivity index (χ0) is 14.1. The average Bonchev–Trinajstić information content (AvgIpc) is 2.46. The topological polar surface area (TPSA) is 88.0 Å². The molecule has 3 rings (SSSR count). The van der Waals surface area contributed by atoms with Crippen molar-refractivity contribution in [3.63, 3.8) is 0 Å². The molecule has 7 heteroatoms. The Morgan fingerprint density at radius 1 is 1.40 bits per heavy atom. The molecule has 3 heterocycles. The summed E-state index contributed by atoms with van der Waals surface area (Å²) in [5.74, 6) is -0.698. The number of pyridine rings is 1. The summed E-state index contributed by atoms with van der Waals surface area (Å²) in [6.07, 6.45) is 2.25. The number of nitrogens with one attached hydrogen (secondary N) is 1. The minimum Gasteiger partial charge on any atom is -0.476 e. The molecule has 20 heavy (non-hydrogen) atoms. The lowest BCUT2D eigenvalue weighted by molar-refractivity contribution is 0.0688. The third kappa shape index (κ3) is 2.30. The van der Waals surface area contributed by atoms with E-state index in [2.05, 4.69) is 36.2 Å². The number of hydrogen-bond donors (Lipinski definition) is 2. The highest BCUT2D eigenvalue weighted by Crippen LogP contribution is 2.25. The quantitative estimate of drug-likeness (QED) is 0.868.